The van der Waals surface area contributed by atoms with Crippen LogP contribution in [0.25, 0.3) is 10.9 Å². The average molecular weight is 352 g/mol. The fourth-order valence-corrected chi connectivity index (χ4v) is 3.82. The Morgan fingerprint density at radius 1 is 1.15 bits per heavy atom. The van der Waals surface area contributed by atoms with Gasteiger partial charge < -0.3 is 9.88 Å². The van der Waals surface area contributed by atoms with Crippen LogP contribution < -0.4 is 5.56 Å². The monoisotopic (exact) mass is 352 g/mol. The van der Waals surface area contributed by atoms with E-state index in [1.165, 1.54) is 0 Å². The van der Waals surface area contributed by atoms with E-state index in [-0.39, 0.29) is 11.5 Å². The molecule has 0 bridgehead atoms. The molecule has 1 saturated heterocycles. The smallest absolute Gasteiger partial charge is 0.258 e. The molecule has 0 spiro atoms. The molecule has 2 heterocycles. The van der Waals surface area contributed by atoms with Gasteiger partial charge in [0.05, 0.1) is 17.4 Å². The second-order valence-corrected chi connectivity index (χ2v) is 7.11. The van der Waals surface area contributed by atoms with Gasteiger partial charge in [-0.2, -0.15) is 0 Å². The molecule has 0 saturated carbocycles. The van der Waals surface area contributed by atoms with Crippen molar-refractivity contribution >= 4 is 16.8 Å². The molecule has 1 amide bonds. The number of aromatic nitrogens is 2. The van der Waals surface area contributed by atoms with E-state index in [1.54, 1.807) is 6.07 Å². The third-order valence-electron chi connectivity index (χ3n) is 5.34. The lowest BCUT2D eigenvalue weighted by Crippen LogP contribution is -2.50. The van der Waals surface area contributed by atoms with E-state index in [0.29, 0.717) is 23.7 Å². The zero-order chi connectivity index (χ0) is 17.9. The lowest BCUT2D eigenvalue weighted by molar-refractivity contribution is -0.137. The minimum atomic E-state index is -0.0928. The van der Waals surface area contributed by atoms with Crippen molar-refractivity contribution in [2.75, 3.05) is 26.2 Å². The maximum absolute atomic E-state index is 12.6. The Kier molecular flexibility index (Phi) is 4.84. The van der Waals surface area contributed by atoms with E-state index < -0.39 is 0 Å². The van der Waals surface area contributed by atoms with Gasteiger partial charge in [-0.15, -0.1) is 0 Å². The molecule has 0 radical (unpaired) electrons. The number of benzene rings is 1. The quantitative estimate of drug-likeness (QED) is 0.857. The van der Waals surface area contributed by atoms with Gasteiger partial charge in [0.2, 0.25) is 5.91 Å². The summed E-state index contributed by atoms with van der Waals surface area (Å²) in [6, 6.07) is 7.39. The van der Waals surface area contributed by atoms with Crippen LogP contribution in [0.3, 0.4) is 0 Å². The summed E-state index contributed by atoms with van der Waals surface area (Å²) >= 11 is 0. The van der Waals surface area contributed by atoms with Crippen molar-refractivity contribution in [3.63, 3.8) is 0 Å². The highest BCUT2D eigenvalue weighted by Crippen LogP contribution is 2.21. The van der Waals surface area contributed by atoms with E-state index in [0.717, 1.165) is 51.0 Å². The van der Waals surface area contributed by atoms with E-state index in [4.69, 9.17) is 0 Å². The van der Waals surface area contributed by atoms with E-state index in [2.05, 4.69) is 27.0 Å². The SMILES string of the molecule is O=C([C@H]1CC=CCC1)N1CCN(Cc2nc3ccccc3c(=O)[nH]2)CC1. The molecule has 4 rings (SSSR count). The average Bonchev–Trinajstić information content (AvgIpc) is 2.69. The van der Waals surface area contributed by atoms with Crippen LogP contribution in [0.5, 0.6) is 0 Å². The minimum absolute atomic E-state index is 0.0928. The Balaban J connectivity index is 1.37. The van der Waals surface area contributed by atoms with Gasteiger partial charge in [-0.25, -0.2) is 4.98 Å². The molecule has 26 heavy (non-hydrogen) atoms. The fraction of sp³-hybridized carbons (Fsp3) is 0.450. The summed E-state index contributed by atoms with van der Waals surface area (Å²) in [5.74, 6) is 1.14. The molecule has 2 aromatic rings. The molecule has 1 aliphatic carbocycles. The van der Waals surface area contributed by atoms with Gasteiger partial charge in [-0.1, -0.05) is 24.3 Å². The number of rotatable bonds is 3. The van der Waals surface area contributed by atoms with Crippen molar-refractivity contribution in [2.45, 2.75) is 25.8 Å². The van der Waals surface area contributed by atoms with Crippen LogP contribution in [-0.4, -0.2) is 51.9 Å². The lowest BCUT2D eigenvalue weighted by Gasteiger charge is -2.36. The van der Waals surface area contributed by atoms with Crippen LogP contribution in [0.2, 0.25) is 0 Å². The number of hydrogen-bond donors (Lipinski definition) is 1. The first kappa shape index (κ1) is 17.0. The summed E-state index contributed by atoms with van der Waals surface area (Å²) in [7, 11) is 0. The summed E-state index contributed by atoms with van der Waals surface area (Å²) in [5, 5.41) is 0.619. The van der Waals surface area contributed by atoms with Gasteiger partial charge in [0.25, 0.3) is 5.56 Å². The van der Waals surface area contributed by atoms with Crippen LogP contribution in [0, 0.1) is 5.92 Å². The number of amides is 1. The van der Waals surface area contributed by atoms with Crippen LogP contribution in [0.15, 0.2) is 41.2 Å². The van der Waals surface area contributed by atoms with Crippen molar-refractivity contribution in [2.24, 2.45) is 5.92 Å². The summed E-state index contributed by atoms with van der Waals surface area (Å²) in [5.41, 5.74) is 0.634. The number of piperazine rings is 1. The van der Waals surface area contributed by atoms with Crippen molar-refractivity contribution in [3.8, 4) is 0 Å². The van der Waals surface area contributed by atoms with Crippen LogP contribution in [-0.2, 0) is 11.3 Å². The number of fused-ring (bicyclic) bond motifs is 1. The van der Waals surface area contributed by atoms with Gasteiger partial charge in [0, 0.05) is 32.1 Å². The highest BCUT2D eigenvalue weighted by Gasteiger charge is 2.27. The molecule has 136 valence electrons. The van der Waals surface area contributed by atoms with Crippen molar-refractivity contribution < 1.29 is 4.79 Å². The Labute approximate surface area is 152 Å². The largest absolute Gasteiger partial charge is 0.340 e. The molecule has 1 aromatic carbocycles. The number of para-hydroxylation sites is 1. The molecule has 1 fully saturated rings. The van der Waals surface area contributed by atoms with Gasteiger partial charge in [-0.3, -0.25) is 14.5 Å². The molecule has 0 unspecified atom stereocenters. The molecule has 6 heteroatoms. The number of hydrogen-bond acceptors (Lipinski definition) is 4. The normalized spacial score (nSPS) is 21.2. The van der Waals surface area contributed by atoms with Gasteiger partial charge in [-0.05, 0) is 31.4 Å². The Bertz CT molecular complexity index is 881. The summed E-state index contributed by atoms with van der Waals surface area (Å²) in [6.07, 6.45) is 7.15. The number of carbonyl (C=O) groups excluding carboxylic acids is 1. The highest BCUT2D eigenvalue weighted by atomic mass is 16.2. The first-order valence-electron chi connectivity index (χ1n) is 9.35. The molecular weight excluding hydrogens is 328 g/mol. The van der Waals surface area contributed by atoms with Gasteiger partial charge in [0.1, 0.15) is 5.82 Å². The second-order valence-electron chi connectivity index (χ2n) is 7.11. The van der Waals surface area contributed by atoms with Gasteiger partial charge in [0.15, 0.2) is 0 Å². The predicted molar refractivity (Wildman–Crippen MR) is 101 cm³/mol. The second kappa shape index (κ2) is 7.41. The molecule has 1 atom stereocenters. The van der Waals surface area contributed by atoms with Crippen molar-refractivity contribution in [3.05, 3.63) is 52.6 Å². The van der Waals surface area contributed by atoms with E-state index in [9.17, 15) is 9.59 Å². The molecule has 6 nitrogen and oxygen atoms in total. The first-order chi connectivity index (χ1) is 12.7. The fourth-order valence-electron chi connectivity index (χ4n) is 3.82. The van der Waals surface area contributed by atoms with Crippen LogP contribution >= 0.6 is 0 Å². The third kappa shape index (κ3) is 3.55. The van der Waals surface area contributed by atoms with Crippen LogP contribution in [0.1, 0.15) is 25.1 Å². The van der Waals surface area contributed by atoms with E-state index >= 15 is 0 Å². The zero-order valence-corrected chi connectivity index (χ0v) is 14.9. The first-order valence-corrected chi connectivity index (χ1v) is 9.35. The number of allylic oxidation sites excluding steroid dienone is 2. The number of H-pyrrole nitrogens is 1. The predicted octanol–water partition coefficient (Wildman–Crippen LogP) is 1.92. The Morgan fingerprint density at radius 2 is 1.96 bits per heavy atom. The van der Waals surface area contributed by atoms with Crippen molar-refractivity contribution in [1.82, 2.24) is 19.8 Å². The topological polar surface area (TPSA) is 69.3 Å². The summed E-state index contributed by atoms with van der Waals surface area (Å²) < 4.78 is 0. The standard InChI is InChI=1S/C20H24N4O2/c25-19-16-8-4-5-9-17(16)21-18(22-19)14-23-10-12-24(13-11-23)20(26)15-6-2-1-3-7-15/h1-2,4-5,8-9,15H,3,6-7,10-14H2,(H,21,22,25)/t15-/m0/s1. The molecular formula is C20H24N4O2. The van der Waals surface area contributed by atoms with Crippen molar-refractivity contribution in [1.29, 1.82) is 0 Å². The summed E-state index contributed by atoms with van der Waals surface area (Å²) in [4.78, 5) is 36.5. The lowest BCUT2D eigenvalue weighted by atomic mass is 9.93. The zero-order valence-electron chi connectivity index (χ0n) is 14.9. The third-order valence-corrected chi connectivity index (χ3v) is 5.34. The number of carbonyl (C=O) groups is 1. The maximum atomic E-state index is 12.6. The molecule has 1 aliphatic heterocycles. The highest BCUT2D eigenvalue weighted by molar-refractivity contribution is 5.79. The van der Waals surface area contributed by atoms with E-state index in [1.807, 2.05) is 23.1 Å². The molecule has 1 aromatic heterocycles. The number of nitrogens with one attached hydrogen (secondary N) is 1. The Hall–Kier alpha value is -2.47. The Morgan fingerprint density at radius 3 is 2.73 bits per heavy atom. The summed E-state index contributed by atoms with van der Waals surface area (Å²) in [6.45, 7) is 3.72. The number of nitrogens with zero attached hydrogens (tertiary/aromatic N) is 3. The van der Waals surface area contributed by atoms with Crippen LogP contribution in [0.4, 0.5) is 0 Å². The molecule has 2 aliphatic rings. The maximum Gasteiger partial charge on any atom is 0.258 e. The van der Waals surface area contributed by atoms with Gasteiger partial charge >= 0.3 is 0 Å². The molecule has 1 N–H and O–H groups in total. The number of aromatic amines is 1. The minimum Gasteiger partial charge on any atom is -0.340 e.